The van der Waals surface area contributed by atoms with Crippen LogP contribution in [-0.4, -0.2) is 5.54 Å². The molecule has 1 nitrogen and oxygen atoms in total. The van der Waals surface area contributed by atoms with Gasteiger partial charge in [-0.2, -0.15) is 0 Å². The fourth-order valence-electron chi connectivity index (χ4n) is 2.74. The van der Waals surface area contributed by atoms with Gasteiger partial charge in [0.2, 0.25) is 0 Å². The number of hydrogen-bond donors (Lipinski definition) is 1. The molecule has 0 radical (unpaired) electrons. The van der Waals surface area contributed by atoms with E-state index in [-0.39, 0.29) is 5.54 Å². The van der Waals surface area contributed by atoms with Crippen molar-refractivity contribution in [2.75, 3.05) is 0 Å². The van der Waals surface area contributed by atoms with Gasteiger partial charge in [0.15, 0.2) is 0 Å². The van der Waals surface area contributed by atoms with Crippen LogP contribution in [0.25, 0.3) is 0 Å². The standard InChI is InChI=1S/C13H27N/c1-3-4-5-6-7-9-13(14)10-8-12(2)11-13/h12H,3-11,14H2,1-2H3. The molecule has 1 rings (SSSR count). The van der Waals surface area contributed by atoms with Crippen molar-refractivity contribution < 1.29 is 0 Å². The molecule has 0 amide bonds. The molecule has 84 valence electrons. The first-order valence-corrected chi connectivity index (χ1v) is 6.45. The highest BCUT2D eigenvalue weighted by molar-refractivity contribution is 4.91. The Labute approximate surface area is 89.5 Å². The maximum Gasteiger partial charge on any atom is 0.0157 e. The molecule has 0 aromatic heterocycles. The number of hydrogen-bond acceptors (Lipinski definition) is 1. The van der Waals surface area contributed by atoms with E-state index in [0.29, 0.717) is 0 Å². The highest BCUT2D eigenvalue weighted by Crippen LogP contribution is 2.35. The molecule has 0 heterocycles. The summed E-state index contributed by atoms with van der Waals surface area (Å²) in [7, 11) is 0. The molecule has 2 N–H and O–H groups in total. The molecule has 1 fully saturated rings. The van der Waals surface area contributed by atoms with Crippen molar-refractivity contribution in [2.45, 2.75) is 77.2 Å². The first-order chi connectivity index (χ1) is 6.66. The fourth-order valence-corrected chi connectivity index (χ4v) is 2.74. The number of rotatable bonds is 6. The molecule has 0 saturated heterocycles. The smallest absolute Gasteiger partial charge is 0.0157 e. The summed E-state index contributed by atoms with van der Waals surface area (Å²) in [6, 6.07) is 0. The average Bonchev–Trinajstić information content (AvgIpc) is 2.47. The monoisotopic (exact) mass is 197 g/mol. The fraction of sp³-hybridized carbons (Fsp3) is 1.00. The van der Waals surface area contributed by atoms with Crippen LogP contribution in [-0.2, 0) is 0 Å². The summed E-state index contributed by atoms with van der Waals surface area (Å²) >= 11 is 0. The summed E-state index contributed by atoms with van der Waals surface area (Å²) in [4.78, 5) is 0. The molecule has 2 unspecified atom stereocenters. The molecule has 0 spiro atoms. The molecule has 1 saturated carbocycles. The molecule has 0 bridgehead atoms. The number of unbranched alkanes of at least 4 members (excludes halogenated alkanes) is 4. The third-order valence-electron chi connectivity index (χ3n) is 3.67. The van der Waals surface area contributed by atoms with Crippen LogP contribution in [0.15, 0.2) is 0 Å². The van der Waals surface area contributed by atoms with Gasteiger partial charge >= 0.3 is 0 Å². The summed E-state index contributed by atoms with van der Waals surface area (Å²) in [5, 5.41) is 0. The lowest BCUT2D eigenvalue weighted by Gasteiger charge is -2.23. The summed E-state index contributed by atoms with van der Waals surface area (Å²) in [5.74, 6) is 0.871. The first-order valence-electron chi connectivity index (χ1n) is 6.45. The zero-order valence-electron chi connectivity index (χ0n) is 10.0. The van der Waals surface area contributed by atoms with Crippen molar-refractivity contribution in [1.29, 1.82) is 0 Å². The maximum absolute atomic E-state index is 6.36. The molecule has 1 heteroatoms. The van der Waals surface area contributed by atoms with E-state index in [4.69, 9.17) is 5.73 Å². The van der Waals surface area contributed by atoms with Crippen molar-refractivity contribution in [3.05, 3.63) is 0 Å². The molecule has 1 aliphatic rings. The minimum atomic E-state index is 0.214. The van der Waals surface area contributed by atoms with Crippen LogP contribution in [0.5, 0.6) is 0 Å². The lowest BCUT2D eigenvalue weighted by Crippen LogP contribution is -2.36. The first kappa shape index (κ1) is 12.0. The van der Waals surface area contributed by atoms with Crippen LogP contribution in [0.3, 0.4) is 0 Å². The van der Waals surface area contributed by atoms with Crippen molar-refractivity contribution >= 4 is 0 Å². The van der Waals surface area contributed by atoms with E-state index < -0.39 is 0 Å². The Hall–Kier alpha value is -0.0400. The van der Waals surface area contributed by atoms with Crippen molar-refractivity contribution in [3.63, 3.8) is 0 Å². The van der Waals surface area contributed by atoms with E-state index in [0.717, 1.165) is 5.92 Å². The van der Waals surface area contributed by atoms with Gasteiger partial charge in [0.05, 0.1) is 0 Å². The van der Waals surface area contributed by atoms with E-state index in [1.165, 1.54) is 57.8 Å². The highest BCUT2D eigenvalue weighted by atomic mass is 14.8. The maximum atomic E-state index is 6.36. The van der Waals surface area contributed by atoms with E-state index >= 15 is 0 Å². The SMILES string of the molecule is CCCCCCCC1(N)CCC(C)C1. The Morgan fingerprint density at radius 2 is 1.93 bits per heavy atom. The van der Waals surface area contributed by atoms with Crippen molar-refractivity contribution in [3.8, 4) is 0 Å². The van der Waals surface area contributed by atoms with E-state index in [9.17, 15) is 0 Å². The average molecular weight is 197 g/mol. The van der Waals surface area contributed by atoms with Crippen LogP contribution in [0, 0.1) is 5.92 Å². The van der Waals surface area contributed by atoms with Crippen molar-refractivity contribution in [2.24, 2.45) is 11.7 Å². The molecule has 14 heavy (non-hydrogen) atoms. The minimum Gasteiger partial charge on any atom is -0.325 e. The third kappa shape index (κ3) is 4.00. The Morgan fingerprint density at radius 3 is 2.50 bits per heavy atom. The second-order valence-electron chi connectivity index (χ2n) is 5.37. The zero-order valence-corrected chi connectivity index (χ0v) is 10.0. The van der Waals surface area contributed by atoms with Gasteiger partial charge in [0.1, 0.15) is 0 Å². The summed E-state index contributed by atoms with van der Waals surface area (Å²) < 4.78 is 0. The quantitative estimate of drug-likeness (QED) is 0.643. The van der Waals surface area contributed by atoms with Gasteiger partial charge in [0, 0.05) is 5.54 Å². The van der Waals surface area contributed by atoms with Crippen LogP contribution in [0.1, 0.15) is 71.6 Å². The molecule has 0 aromatic carbocycles. The normalized spacial score (nSPS) is 32.4. The zero-order chi connectivity index (χ0) is 10.4. The van der Waals surface area contributed by atoms with Gasteiger partial charge in [-0.15, -0.1) is 0 Å². The predicted octanol–water partition coefficient (Wildman–Crippen LogP) is 3.86. The lowest BCUT2D eigenvalue weighted by molar-refractivity contribution is 0.372. The predicted molar refractivity (Wildman–Crippen MR) is 63.3 cm³/mol. The molecule has 1 aliphatic carbocycles. The molecular formula is C13H27N. The van der Waals surface area contributed by atoms with Gasteiger partial charge < -0.3 is 5.73 Å². The van der Waals surface area contributed by atoms with E-state index in [1.54, 1.807) is 0 Å². The Morgan fingerprint density at radius 1 is 1.21 bits per heavy atom. The van der Waals surface area contributed by atoms with Gasteiger partial charge in [-0.05, 0) is 31.6 Å². The van der Waals surface area contributed by atoms with Gasteiger partial charge in [-0.3, -0.25) is 0 Å². The van der Waals surface area contributed by atoms with Crippen LogP contribution >= 0.6 is 0 Å². The summed E-state index contributed by atoms with van der Waals surface area (Å²) in [6.45, 7) is 4.61. The topological polar surface area (TPSA) is 26.0 Å². The van der Waals surface area contributed by atoms with Crippen molar-refractivity contribution in [1.82, 2.24) is 0 Å². The Bertz CT molecular complexity index is 155. The molecular weight excluding hydrogens is 170 g/mol. The lowest BCUT2D eigenvalue weighted by atomic mass is 9.90. The summed E-state index contributed by atoms with van der Waals surface area (Å²) in [6.07, 6.45) is 12.0. The minimum absolute atomic E-state index is 0.214. The van der Waals surface area contributed by atoms with Crippen LogP contribution < -0.4 is 5.73 Å². The summed E-state index contributed by atoms with van der Waals surface area (Å²) in [5.41, 5.74) is 6.58. The largest absolute Gasteiger partial charge is 0.325 e. The Kier molecular flexibility index (Phi) is 4.94. The third-order valence-corrected chi connectivity index (χ3v) is 3.67. The number of nitrogens with two attached hydrogens (primary N) is 1. The molecule has 0 aromatic rings. The van der Waals surface area contributed by atoms with Gasteiger partial charge in [-0.1, -0.05) is 46.0 Å². The second kappa shape index (κ2) is 5.75. The van der Waals surface area contributed by atoms with Crippen LogP contribution in [0.2, 0.25) is 0 Å². The van der Waals surface area contributed by atoms with E-state index in [1.807, 2.05) is 0 Å². The van der Waals surface area contributed by atoms with Gasteiger partial charge in [-0.25, -0.2) is 0 Å². The molecule has 2 atom stereocenters. The Balaban J connectivity index is 2.05. The molecule has 0 aliphatic heterocycles. The van der Waals surface area contributed by atoms with E-state index in [2.05, 4.69) is 13.8 Å². The van der Waals surface area contributed by atoms with Crippen LogP contribution in [0.4, 0.5) is 0 Å². The second-order valence-corrected chi connectivity index (χ2v) is 5.37. The van der Waals surface area contributed by atoms with Gasteiger partial charge in [0.25, 0.3) is 0 Å². The highest BCUT2D eigenvalue weighted by Gasteiger charge is 2.32.